The fourth-order valence-electron chi connectivity index (χ4n) is 2.65. The van der Waals surface area contributed by atoms with Gasteiger partial charge in [0.2, 0.25) is 0 Å². The maximum Gasteiger partial charge on any atom is 0.271 e. The van der Waals surface area contributed by atoms with Gasteiger partial charge in [-0.3, -0.25) is 9.89 Å². The highest BCUT2D eigenvalue weighted by molar-refractivity contribution is 5.93. The highest BCUT2D eigenvalue weighted by Gasteiger charge is 2.13. The lowest BCUT2D eigenvalue weighted by Crippen LogP contribution is -2.26. The summed E-state index contributed by atoms with van der Waals surface area (Å²) in [6.45, 7) is 4.40. The smallest absolute Gasteiger partial charge is 0.271 e. The molecule has 3 aromatic rings. The molecule has 2 heterocycles. The highest BCUT2D eigenvalue weighted by Crippen LogP contribution is 2.21. The van der Waals surface area contributed by atoms with Crippen molar-refractivity contribution in [2.75, 3.05) is 13.7 Å². The monoisotopic (exact) mass is 339 g/mol. The van der Waals surface area contributed by atoms with Gasteiger partial charge in [0.05, 0.1) is 7.11 Å². The van der Waals surface area contributed by atoms with E-state index in [-0.39, 0.29) is 5.91 Å². The molecule has 0 saturated heterocycles. The Kier molecular flexibility index (Phi) is 4.88. The molecule has 6 nitrogen and oxygen atoms in total. The van der Waals surface area contributed by atoms with Crippen molar-refractivity contribution < 1.29 is 13.9 Å². The Morgan fingerprint density at radius 1 is 1.24 bits per heavy atom. The summed E-state index contributed by atoms with van der Waals surface area (Å²) in [4.78, 5) is 12.3. The number of nitrogens with one attached hydrogen (secondary N) is 2. The summed E-state index contributed by atoms with van der Waals surface area (Å²) in [5, 5.41) is 9.76. The lowest BCUT2D eigenvalue weighted by Gasteiger charge is -2.09. The van der Waals surface area contributed by atoms with E-state index in [1.165, 1.54) is 0 Å². The number of benzene rings is 1. The topological polar surface area (TPSA) is 80.1 Å². The predicted octanol–water partition coefficient (Wildman–Crippen LogP) is 3.27. The molecular weight excluding hydrogens is 318 g/mol. The van der Waals surface area contributed by atoms with E-state index in [1.54, 1.807) is 13.2 Å². The Labute approximate surface area is 146 Å². The number of hydrogen-bond donors (Lipinski definition) is 2. The first-order valence-electron chi connectivity index (χ1n) is 8.11. The number of carbonyl (C=O) groups is 1. The summed E-state index contributed by atoms with van der Waals surface area (Å²) in [5.41, 5.74) is 3.24. The minimum atomic E-state index is -0.225. The molecule has 2 aromatic heterocycles. The van der Waals surface area contributed by atoms with Gasteiger partial charge in [0.1, 0.15) is 17.2 Å². The summed E-state index contributed by atoms with van der Waals surface area (Å²) >= 11 is 0. The molecular formula is C19H21N3O3. The number of H-pyrrole nitrogens is 1. The molecule has 0 bridgehead atoms. The number of aromatic nitrogens is 2. The van der Waals surface area contributed by atoms with Crippen molar-refractivity contribution in [3.05, 3.63) is 59.0 Å². The highest BCUT2D eigenvalue weighted by atomic mass is 16.5. The van der Waals surface area contributed by atoms with Gasteiger partial charge < -0.3 is 14.5 Å². The molecule has 0 saturated carbocycles. The van der Waals surface area contributed by atoms with Crippen LogP contribution < -0.4 is 10.1 Å². The number of hydrogen-bond acceptors (Lipinski definition) is 4. The van der Waals surface area contributed by atoms with E-state index in [2.05, 4.69) is 21.6 Å². The minimum Gasteiger partial charge on any atom is -0.496 e. The second-order valence-electron chi connectivity index (χ2n) is 5.90. The number of rotatable bonds is 6. The van der Waals surface area contributed by atoms with Crippen LogP contribution in [0.2, 0.25) is 0 Å². The zero-order valence-electron chi connectivity index (χ0n) is 14.6. The third-order valence-electron chi connectivity index (χ3n) is 3.93. The lowest BCUT2D eigenvalue weighted by atomic mass is 10.1. The fraction of sp³-hybridized carbons (Fsp3) is 0.263. The summed E-state index contributed by atoms with van der Waals surface area (Å²) < 4.78 is 10.9. The fourth-order valence-corrected chi connectivity index (χ4v) is 2.65. The number of methoxy groups -OCH3 is 1. The Hall–Kier alpha value is -3.02. The van der Waals surface area contributed by atoms with Crippen LogP contribution in [-0.4, -0.2) is 29.8 Å². The van der Waals surface area contributed by atoms with Gasteiger partial charge in [0.15, 0.2) is 11.5 Å². The van der Waals surface area contributed by atoms with Gasteiger partial charge in [-0.1, -0.05) is 17.7 Å². The Balaban J connectivity index is 1.60. The van der Waals surface area contributed by atoms with Crippen LogP contribution in [0.4, 0.5) is 0 Å². The normalized spacial score (nSPS) is 10.7. The van der Waals surface area contributed by atoms with Crippen molar-refractivity contribution in [2.24, 2.45) is 0 Å². The van der Waals surface area contributed by atoms with Gasteiger partial charge in [-0.2, -0.15) is 5.10 Å². The van der Waals surface area contributed by atoms with Crippen molar-refractivity contribution in [1.82, 2.24) is 15.5 Å². The molecule has 25 heavy (non-hydrogen) atoms. The maximum atomic E-state index is 12.3. The van der Waals surface area contributed by atoms with E-state index in [0.717, 1.165) is 22.6 Å². The summed E-state index contributed by atoms with van der Waals surface area (Å²) in [7, 11) is 1.65. The predicted molar refractivity (Wildman–Crippen MR) is 94.8 cm³/mol. The molecule has 1 aromatic carbocycles. The van der Waals surface area contributed by atoms with Crippen LogP contribution in [0.1, 0.15) is 27.4 Å². The van der Waals surface area contributed by atoms with Crippen LogP contribution in [0.5, 0.6) is 5.75 Å². The Morgan fingerprint density at radius 2 is 2.08 bits per heavy atom. The SMILES string of the molecule is COc1ccc(C)cc1CCNC(=O)c1cc(-c2ccc(C)o2)[nH]n1. The first-order chi connectivity index (χ1) is 12.1. The lowest BCUT2D eigenvalue weighted by molar-refractivity contribution is 0.0949. The third kappa shape index (κ3) is 3.91. The van der Waals surface area contributed by atoms with Gasteiger partial charge in [-0.05, 0) is 44.0 Å². The maximum absolute atomic E-state index is 12.3. The number of ether oxygens (including phenoxy) is 1. The molecule has 6 heteroatoms. The van der Waals surface area contributed by atoms with Gasteiger partial charge in [0, 0.05) is 12.6 Å². The molecule has 2 N–H and O–H groups in total. The van der Waals surface area contributed by atoms with Crippen LogP contribution >= 0.6 is 0 Å². The number of aromatic amines is 1. The van der Waals surface area contributed by atoms with Crippen LogP contribution in [-0.2, 0) is 6.42 Å². The summed E-state index contributed by atoms with van der Waals surface area (Å²) in [6, 6.07) is 11.4. The quantitative estimate of drug-likeness (QED) is 0.722. The number of nitrogens with zero attached hydrogens (tertiary/aromatic N) is 1. The van der Waals surface area contributed by atoms with Gasteiger partial charge in [-0.25, -0.2) is 0 Å². The average molecular weight is 339 g/mol. The number of aryl methyl sites for hydroxylation is 2. The van der Waals surface area contributed by atoms with Crippen molar-refractivity contribution in [3.63, 3.8) is 0 Å². The van der Waals surface area contributed by atoms with Crippen LogP contribution in [0.15, 0.2) is 40.8 Å². The van der Waals surface area contributed by atoms with Gasteiger partial charge in [0.25, 0.3) is 5.91 Å². The molecule has 0 fully saturated rings. The van der Waals surface area contributed by atoms with E-state index >= 15 is 0 Å². The van der Waals surface area contributed by atoms with E-state index in [4.69, 9.17) is 9.15 Å². The van der Waals surface area contributed by atoms with Crippen molar-refractivity contribution in [2.45, 2.75) is 20.3 Å². The molecule has 0 aliphatic rings. The molecule has 0 aliphatic heterocycles. The van der Waals surface area contributed by atoms with Crippen molar-refractivity contribution >= 4 is 5.91 Å². The molecule has 3 rings (SSSR count). The van der Waals surface area contributed by atoms with Gasteiger partial charge in [-0.15, -0.1) is 0 Å². The first kappa shape index (κ1) is 16.8. The number of furan rings is 1. The Bertz CT molecular complexity index is 880. The van der Waals surface area contributed by atoms with Gasteiger partial charge >= 0.3 is 0 Å². The summed E-state index contributed by atoms with van der Waals surface area (Å²) in [5.74, 6) is 2.07. The second-order valence-corrected chi connectivity index (χ2v) is 5.90. The number of amides is 1. The molecule has 0 spiro atoms. The van der Waals surface area contributed by atoms with Crippen LogP contribution in [0.25, 0.3) is 11.5 Å². The second kappa shape index (κ2) is 7.25. The largest absolute Gasteiger partial charge is 0.496 e. The van der Waals surface area contributed by atoms with Crippen LogP contribution in [0, 0.1) is 13.8 Å². The zero-order valence-corrected chi connectivity index (χ0v) is 14.6. The molecule has 1 amide bonds. The average Bonchev–Trinajstić information content (AvgIpc) is 3.24. The first-order valence-corrected chi connectivity index (χ1v) is 8.11. The van der Waals surface area contributed by atoms with Crippen molar-refractivity contribution in [1.29, 1.82) is 0 Å². The van der Waals surface area contributed by atoms with E-state index < -0.39 is 0 Å². The molecule has 0 unspecified atom stereocenters. The Morgan fingerprint density at radius 3 is 2.80 bits per heavy atom. The van der Waals surface area contributed by atoms with Crippen LogP contribution in [0.3, 0.4) is 0 Å². The van der Waals surface area contributed by atoms with E-state index in [1.807, 2.05) is 38.1 Å². The van der Waals surface area contributed by atoms with E-state index in [9.17, 15) is 4.79 Å². The zero-order chi connectivity index (χ0) is 17.8. The van der Waals surface area contributed by atoms with Crippen molar-refractivity contribution in [3.8, 4) is 17.2 Å². The molecule has 130 valence electrons. The molecule has 0 radical (unpaired) electrons. The molecule has 0 atom stereocenters. The third-order valence-corrected chi connectivity index (χ3v) is 3.93. The molecule has 0 aliphatic carbocycles. The number of carbonyl (C=O) groups excluding carboxylic acids is 1. The van der Waals surface area contributed by atoms with E-state index in [0.29, 0.717) is 30.1 Å². The minimum absolute atomic E-state index is 0.225. The standard InChI is InChI=1S/C19H21N3O3/c1-12-4-6-17(24-3)14(10-12)8-9-20-19(23)16-11-15(21-22-16)18-7-5-13(2)25-18/h4-7,10-11H,8-9H2,1-3H3,(H,20,23)(H,21,22). The summed E-state index contributed by atoms with van der Waals surface area (Å²) in [6.07, 6.45) is 0.686.